The molecule has 1 unspecified atom stereocenters. The Kier molecular flexibility index (Phi) is 6.42. The zero-order valence-corrected chi connectivity index (χ0v) is 16.8. The average molecular weight is 395 g/mol. The zero-order chi connectivity index (χ0) is 19.3. The molecular formula is C20H30N2O4S. The van der Waals surface area contributed by atoms with E-state index in [9.17, 15) is 13.2 Å². The lowest BCUT2D eigenvalue weighted by Gasteiger charge is -2.36. The molecule has 1 atom stereocenters. The fourth-order valence-electron chi connectivity index (χ4n) is 4.09. The molecule has 0 aromatic heterocycles. The van der Waals surface area contributed by atoms with Crippen molar-refractivity contribution in [3.05, 3.63) is 29.8 Å². The van der Waals surface area contributed by atoms with Gasteiger partial charge in [0.05, 0.1) is 17.3 Å². The van der Waals surface area contributed by atoms with Gasteiger partial charge in [0.15, 0.2) is 0 Å². The summed E-state index contributed by atoms with van der Waals surface area (Å²) in [5.74, 6) is 0.101. The third kappa shape index (κ3) is 4.82. The maximum atomic E-state index is 13.2. The van der Waals surface area contributed by atoms with Gasteiger partial charge >= 0.3 is 0 Å². The smallest absolute Gasteiger partial charge is 0.232 e. The molecule has 0 bridgehead atoms. The Hall–Kier alpha value is -1.60. The second-order valence-corrected chi connectivity index (χ2v) is 9.58. The molecule has 1 aromatic rings. The molecule has 1 amide bonds. The van der Waals surface area contributed by atoms with Gasteiger partial charge in [0, 0.05) is 18.8 Å². The van der Waals surface area contributed by atoms with Crippen molar-refractivity contribution in [2.45, 2.75) is 63.4 Å². The first-order valence-electron chi connectivity index (χ1n) is 9.96. The molecule has 27 heavy (non-hydrogen) atoms. The summed E-state index contributed by atoms with van der Waals surface area (Å²) in [6, 6.07) is 7.30. The van der Waals surface area contributed by atoms with Crippen LogP contribution in [0, 0.1) is 0 Å². The number of anilines is 1. The number of ether oxygens (including phenoxy) is 1. The van der Waals surface area contributed by atoms with Crippen molar-refractivity contribution in [2.24, 2.45) is 0 Å². The number of carbonyl (C=O) groups excluding carboxylic acids is 1. The number of hydrogen-bond donors (Lipinski definition) is 2. The van der Waals surface area contributed by atoms with Gasteiger partial charge in [-0.3, -0.25) is 9.52 Å². The summed E-state index contributed by atoms with van der Waals surface area (Å²) in [6.07, 6.45) is 7.03. The molecule has 2 aliphatic rings. The number of sulfonamides is 1. The van der Waals surface area contributed by atoms with E-state index < -0.39 is 15.4 Å². The first-order chi connectivity index (χ1) is 13.0. The Labute approximate surface area is 162 Å². The van der Waals surface area contributed by atoms with Crippen molar-refractivity contribution in [3.63, 3.8) is 0 Å². The molecule has 1 saturated carbocycles. The molecule has 7 heteroatoms. The van der Waals surface area contributed by atoms with E-state index in [1.54, 1.807) is 19.1 Å². The topological polar surface area (TPSA) is 84.5 Å². The maximum Gasteiger partial charge on any atom is 0.232 e. The number of carbonyl (C=O) groups is 1. The number of nitrogens with one attached hydrogen (secondary N) is 2. The van der Waals surface area contributed by atoms with Crippen LogP contribution in [0.2, 0.25) is 0 Å². The van der Waals surface area contributed by atoms with E-state index in [0.717, 1.165) is 57.1 Å². The van der Waals surface area contributed by atoms with E-state index in [4.69, 9.17) is 4.74 Å². The van der Waals surface area contributed by atoms with Crippen LogP contribution < -0.4 is 10.0 Å². The second-order valence-electron chi connectivity index (χ2n) is 7.57. The third-order valence-corrected chi connectivity index (χ3v) is 7.05. The number of hydrogen-bond acceptors (Lipinski definition) is 4. The predicted molar refractivity (Wildman–Crippen MR) is 106 cm³/mol. The van der Waals surface area contributed by atoms with Crippen molar-refractivity contribution in [1.82, 2.24) is 5.32 Å². The molecule has 3 rings (SSSR count). The SMILES string of the molecule is CCS(=O)(=O)Nc1ccc(C2(C(=O)NCC3CCCO3)CCCCC2)cc1. The molecule has 0 spiro atoms. The summed E-state index contributed by atoms with van der Waals surface area (Å²) in [5, 5.41) is 3.12. The second kappa shape index (κ2) is 8.61. The lowest BCUT2D eigenvalue weighted by atomic mass is 9.68. The minimum atomic E-state index is -3.30. The molecule has 6 nitrogen and oxygen atoms in total. The fourth-order valence-corrected chi connectivity index (χ4v) is 4.73. The summed E-state index contributed by atoms with van der Waals surface area (Å²) in [4.78, 5) is 13.2. The van der Waals surface area contributed by atoms with Gasteiger partial charge in [-0.25, -0.2) is 8.42 Å². The Morgan fingerprint density at radius 3 is 2.44 bits per heavy atom. The Balaban J connectivity index is 1.76. The van der Waals surface area contributed by atoms with Crippen LogP contribution in [-0.2, 0) is 25.0 Å². The number of benzene rings is 1. The van der Waals surface area contributed by atoms with Gasteiger partial charge in [0.25, 0.3) is 0 Å². The molecule has 2 N–H and O–H groups in total. The number of amides is 1. The first-order valence-corrected chi connectivity index (χ1v) is 11.6. The van der Waals surface area contributed by atoms with Crippen LogP contribution >= 0.6 is 0 Å². The van der Waals surface area contributed by atoms with E-state index in [0.29, 0.717) is 12.2 Å². The molecule has 1 aliphatic carbocycles. The van der Waals surface area contributed by atoms with Crippen LogP contribution in [0.5, 0.6) is 0 Å². The molecule has 1 saturated heterocycles. The van der Waals surface area contributed by atoms with Crippen molar-refractivity contribution in [3.8, 4) is 0 Å². The van der Waals surface area contributed by atoms with Gasteiger partial charge < -0.3 is 10.1 Å². The summed E-state index contributed by atoms with van der Waals surface area (Å²) in [7, 11) is -3.30. The largest absolute Gasteiger partial charge is 0.376 e. The van der Waals surface area contributed by atoms with E-state index in [1.165, 1.54) is 0 Å². The van der Waals surface area contributed by atoms with Crippen LogP contribution in [0.1, 0.15) is 57.4 Å². The summed E-state index contributed by atoms with van der Waals surface area (Å²) < 4.78 is 31.7. The molecule has 0 radical (unpaired) electrons. The van der Waals surface area contributed by atoms with Crippen molar-refractivity contribution in [2.75, 3.05) is 23.6 Å². The van der Waals surface area contributed by atoms with Crippen molar-refractivity contribution < 1.29 is 17.9 Å². The Bertz CT molecular complexity index is 734. The van der Waals surface area contributed by atoms with E-state index in [1.807, 2.05) is 12.1 Å². The van der Waals surface area contributed by atoms with Crippen molar-refractivity contribution >= 4 is 21.6 Å². The third-order valence-electron chi connectivity index (χ3n) is 5.75. The van der Waals surface area contributed by atoms with E-state index in [-0.39, 0.29) is 17.8 Å². The van der Waals surface area contributed by atoms with Gasteiger partial charge in [0.2, 0.25) is 15.9 Å². The molecule has 1 aliphatic heterocycles. The average Bonchev–Trinajstić information content (AvgIpc) is 3.20. The van der Waals surface area contributed by atoms with Crippen molar-refractivity contribution in [1.29, 1.82) is 0 Å². The standard InChI is InChI=1S/C20H30N2O4S/c1-2-27(24,25)22-17-10-8-16(9-11-17)20(12-4-3-5-13-20)19(23)21-15-18-7-6-14-26-18/h8-11,18,22H,2-7,12-15H2,1H3,(H,21,23). The Morgan fingerprint density at radius 1 is 1.15 bits per heavy atom. The first kappa shape index (κ1) is 20.1. The quantitative estimate of drug-likeness (QED) is 0.745. The minimum absolute atomic E-state index is 0.0321. The van der Waals surface area contributed by atoms with Gasteiger partial charge in [-0.2, -0.15) is 0 Å². The van der Waals surface area contributed by atoms with Crippen LogP contribution in [-0.4, -0.2) is 39.3 Å². The lowest BCUT2D eigenvalue weighted by molar-refractivity contribution is -0.128. The van der Waals surface area contributed by atoms with Gasteiger partial charge in [-0.15, -0.1) is 0 Å². The minimum Gasteiger partial charge on any atom is -0.376 e. The summed E-state index contributed by atoms with van der Waals surface area (Å²) in [5.41, 5.74) is 0.969. The lowest BCUT2D eigenvalue weighted by Crippen LogP contribution is -2.47. The normalized spacial score (nSPS) is 22.3. The summed E-state index contributed by atoms with van der Waals surface area (Å²) in [6.45, 7) is 2.95. The number of rotatable bonds is 7. The zero-order valence-electron chi connectivity index (χ0n) is 16.0. The van der Waals surface area contributed by atoms with Gasteiger partial charge in [0.1, 0.15) is 0 Å². The van der Waals surface area contributed by atoms with Crippen LogP contribution in [0.15, 0.2) is 24.3 Å². The molecule has 150 valence electrons. The predicted octanol–water partition coefficient (Wildman–Crippen LogP) is 2.95. The molecule has 1 aromatic carbocycles. The van der Waals surface area contributed by atoms with Crippen LogP contribution in [0.3, 0.4) is 0 Å². The fraction of sp³-hybridized carbons (Fsp3) is 0.650. The highest BCUT2D eigenvalue weighted by Gasteiger charge is 2.41. The van der Waals surface area contributed by atoms with E-state index >= 15 is 0 Å². The molecular weight excluding hydrogens is 364 g/mol. The highest BCUT2D eigenvalue weighted by Crippen LogP contribution is 2.40. The highest BCUT2D eigenvalue weighted by atomic mass is 32.2. The maximum absolute atomic E-state index is 13.2. The highest BCUT2D eigenvalue weighted by molar-refractivity contribution is 7.92. The molecule has 2 fully saturated rings. The van der Waals surface area contributed by atoms with Crippen LogP contribution in [0.25, 0.3) is 0 Å². The Morgan fingerprint density at radius 2 is 1.85 bits per heavy atom. The van der Waals surface area contributed by atoms with E-state index in [2.05, 4.69) is 10.0 Å². The summed E-state index contributed by atoms with van der Waals surface area (Å²) >= 11 is 0. The monoisotopic (exact) mass is 394 g/mol. The van der Waals surface area contributed by atoms with Gasteiger partial charge in [-0.05, 0) is 50.3 Å². The molecule has 1 heterocycles. The van der Waals surface area contributed by atoms with Gasteiger partial charge in [-0.1, -0.05) is 31.4 Å². The van der Waals surface area contributed by atoms with Crippen LogP contribution in [0.4, 0.5) is 5.69 Å².